The SMILES string of the molecule is CCCCn1c(N)c(N(CC(C)C)C(=O)c2cccc(C)n2)c(=O)[nH]c1=O. The number of carbonyl (C=O) groups excluding carboxylic acids is 1. The highest BCUT2D eigenvalue weighted by atomic mass is 16.2. The van der Waals surface area contributed by atoms with Crippen molar-refractivity contribution < 1.29 is 4.79 Å². The number of anilines is 2. The van der Waals surface area contributed by atoms with Crippen molar-refractivity contribution in [3.63, 3.8) is 0 Å². The third-order valence-electron chi connectivity index (χ3n) is 4.12. The molecule has 3 N–H and O–H groups in total. The van der Waals surface area contributed by atoms with Crippen LogP contribution in [0.2, 0.25) is 0 Å². The number of nitrogens with two attached hydrogens (primary N) is 1. The monoisotopic (exact) mass is 373 g/mol. The summed E-state index contributed by atoms with van der Waals surface area (Å²) in [5.74, 6) is -0.349. The molecule has 146 valence electrons. The van der Waals surface area contributed by atoms with E-state index in [1.54, 1.807) is 25.1 Å². The molecule has 0 saturated carbocycles. The lowest BCUT2D eigenvalue weighted by molar-refractivity contribution is 0.0978. The van der Waals surface area contributed by atoms with Gasteiger partial charge in [-0.2, -0.15) is 0 Å². The van der Waals surface area contributed by atoms with Gasteiger partial charge in [0.1, 0.15) is 11.5 Å². The summed E-state index contributed by atoms with van der Waals surface area (Å²) in [5.41, 5.74) is 5.84. The second kappa shape index (κ2) is 8.66. The number of rotatable bonds is 7. The van der Waals surface area contributed by atoms with Gasteiger partial charge in [-0.15, -0.1) is 0 Å². The summed E-state index contributed by atoms with van der Waals surface area (Å²) in [6.45, 7) is 8.29. The van der Waals surface area contributed by atoms with Crippen LogP contribution in [0.1, 0.15) is 49.8 Å². The zero-order chi connectivity index (χ0) is 20.1. The van der Waals surface area contributed by atoms with Crippen molar-refractivity contribution >= 4 is 17.4 Å². The Bertz CT molecular complexity index is 930. The molecule has 0 aromatic carbocycles. The molecule has 0 spiro atoms. The first-order valence-electron chi connectivity index (χ1n) is 9.14. The lowest BCUT2D eigenvalue weighted by Gasteiger charge is -2.26. The van der Waals surface area contributed by atoms with Crippen molar-refractivity contribution in [1.29, 1.82) is 0 Å². The molecule has 0 aliphatic carbocycles. The number of aryl methyl sites for hydroxylation is 1. The largest absolute Gasteiger partial charge is 0.383 e. The molecule has 0 fully saturated rings. The van der Waals surface area contributed by atoms with E-state index >= 15 is 0 Å². The van der Waals surface area contributed by atoms with Gasteiger partial charge in [-0.1, -0.05) is 33.3 Å². The maximum Gasteiger partial charge on any atom is 0.330 e. The number of nitrogen functional groups attached to an aromatic ring is 1. The van der Waals surface area contributed by atoms with Crippen LogP contribution in [0, 0.1) is 12.8 Å². The second-order valence-electron chi connectivity index (χ2n) is 6.97. The van der Waals surface area contributed by atoms with Gasteiger partial charge < -0.3 is 5.73 Å². The fraction of sp³-hybridized carbons (Fsp3) is 0.474. The smallest absolute Gasteiger partial charge is 0.330 e. The van der Waals surface area contributed by atoms with Crippen molar-refractivity contribution in [2.45, 2.75) is 47.1 Å². The molecule has 8 nitrogen and oxygen atoms in total. The van der Waals surface area contributed by atoms with E-state index in [0.29, 0.717) is 12.2 Å². The average molecular weight is 373 g/mol. The zero-order valence-electron chi connectivity index (χ0n) is 16.3. The first-order valence-corrected chi connectivity index (χ1v) is 9.14. The van der Waals surface area contributed by atoms with Crippen LogP contribution in [0.15, 0.2) is 27.8 Å². The van der Waals surface area contributed by atoms with Crippen LogP contribution in [-0.2, 0) is 6.54 Å². The third kappa shape index (κ3) is 4.64. The van der Waals surface area contributed by atoms with E-state index in [-0.39, 0.29) is 29.7 Å². The van der Waals surface area contributed by atoms with Crippen LogP contribution >= 0.6 is 0 Å². The summed E-state index contributed by atoms with van der Waals surface area (Å²) in [7, 11) is 0. The van der Waals surface area contributed by atoms with Crippen LogP contribution in [0.4, 0.5) is 11.5 Å². The van der Waals surface area contributed by atoms with Crippen molar-refractivity contribution in [1.82, 2.24) is 14.5 Å². The fourth-order valence-electron chi connectivity index (χ4n) is 2.82. The first kappa shape index (κ1) is 20.4. The first-order chi connectivity index (χ1) is 12.8. The lowest BCUT2D eigenvalue weighted by Crippen LogP contribution is -2.43. The van der Waals surface area contributed by atoms with Gasteiger partial charge in [-0.05, 0) is 31.4 Å². The number of unbranched alkanes of at least 4 members (excludes halogenated alkanes) is 1. The van der Waals surface area contributed by atoms with E-state index in [4.69, 9.17) is 5.73 Å². The fourth-order valence-corrected chi connectivity index (χ4v) is 2.82. The van der Waals surface area contributed by atoms with Gasteiger partial charge in [-0.25, -0.2) is 9.78 Å². The number of hydrogen-bond donors (Lipinski definition) is 2. The molecule has 8 heteroatoms. The summed E-state index contributed by atoms with van der Waals surface area (Å²) in [6.07, 6.45) is 1.59. The molecule has 2 aromatic rings. The van der Waals surface area contributed by atoms with Gasteiger partial charge in [0.05, 0.1) is 0 Å². The predicted octanol–water partition coefficient (Wildman–Crippen LogP) is 1.93. The Morgan fingerprint density at radius 3 is 2.63 bits per heavy atom. The molecular formula is C19H27N5O3. The zero-order valence-corrected chi connectivity index (χ0v) is 16.3. The van der Waals surface area contributed by atoms with E-state index < -0.39 is 17.2 Å². The topological polar surface area (TPSA) is 114 Å². The Labute approximate surface area is 158 Å². The van der Waals surface area contributed by atoms with E-state index in [1.807, 2.05) is 20.8 Å². The molecule has 0 unspecified atom stereocenters. The second-order valence-corrected chi connectivity index (χ2v) is 6.97. The van der Waals surface area contributed by atoms with Crippen LogP contribution in [0.25, 0.3) is 0 Å². The Morgan fingerprint density at radius 2 is 2.04 bits per heavy atom. The van der Waals surface area contributed by atoms with Crippen molar-refractivity contribution in [2.24, 2.45) is 5.92 Å². The van der Waals surface area contributed by atoms with E-state index in [9.17, 15) is 14.4 Å². The Balaban J connectivity index is 2.61. The predicted molar refractivity (Wildman–Crippen MR) is 106 cm³/mol. The normalized spacial score (nSPS) is 11.0. The molecule has 27 heavy (non-hydrogen) atoms. The molecule has 0 aliphatic rings. The van der Waals surface area contributed by atoms with Crippen LogP contribution in [0.3, 0.4) is 0 Å². The summed E-state index contributed by atoms with van der Waals surface area (Å²) >= 11 is 0. The number of nitrogens with zero attached hydrogens (tertiary/aromatic N) is 3. The number of amides is 1. The number of aromatic amines is 1. The Kier molecular flexibility index (Phi) is 6.55. The quantitative estimate of drug-likeness (QED) is 0.770. The molecule has 1 amide bonds. The van der Waals surface area contributed by atoms with Crippen molar-refractivity contribution in [3.8, 4) is 0 Å². The molecular weight excluding hydrogens is 346 g/mol. The van der Waals surface area contributed by atoms with Gasteiger partial charge in [0.15, 0.2) is 5.69 Å². The van der Waals surface area contributed by atoms with E-state index in [1.165, 1.54) is 9.47 Å². The Hall–Kier alpha value is -2.90. The molecule has 2 aromatic heterocycles. The van der Waals surface area contributed by atoms with Crippen molar-refractivity contribution in [3.05, 3.63) is 50.4 Å². The third-order valence-corrected chi connectivity index (χ3v) is 4.12. The van der Waals surface area contributed by atoms with Gasteiger partial charge in [0, 0.05) is 18.8 Å². The van der Waals surface area contributed by atoms with Gasteiger partial charge in [0.25, 0.3) is 11.5 Å². The van der Waals surface area contributed by atoms with Crippen LogP contribution in [-0.4, -0.2) is 27.0 Å². The highest BCUT2D eigenvalue weighted by Gasteiger charge is 2.26. The van der Waals surface area contributed by atoms with E-state index in [0.717, 1.165) is 12.8 Å². The van der Waals surface area contributed by atoms with E-state index in [2.05, 4.69) is 9.97 Å². The number of aromatic nitrogens is 3. The summed E-state index contributed by atoms with van der Waals surface area (Å²) in [5, 5.41) is 0. The van der Waals surface area contributed by atoms with Gasteiger partial charge in [-0.3, -0.25) is 24.0 Å². The van der Waals surface area contributed by atoms with Crippen LogP contribution < -0.4 is 21.9 Å². The minimum Gasteiger partial charge on any atom is -0.383 e. The number of nitrogens with one attached hydrogen (secondary N) is 1. The van der Waals surface area contributed by atoms with Gasteiger partial charge >= 0.3 is 5.69 Å². The number of H-pyrrole nitrogens is 1. The molecule has 0 radical (unpaired) electrons. The maximum absolute atomic E-state index is 13.1. The number of hydrogen-bond acceptors (Lipinski definition) is 5. The number of pyridine rings is 1. The molecule has 2 heterocycles. The lowest BCUT2D eigenvalue weighted by atomic mass is 10.1. The average Bonchev–Trinajstić information content (AvgIpc) is 2.59. The number of carbonyl (C=O) groups is 1. The van der Waals surface area contributed by atoms with Gasteiger partial charge in [0.2, 0.25) is 0 Å². The minimum absolute atomic E-state index is 0.00106. The highest BCUT2D eigenvalue weighted by Crippen LogP contribution is 2.21. The molecule has 0 saturated heterocycles. The molecule has 2 rings (SSSR count). The Morgan fingerprint density at radius 1 is 1.33 bits per heavy atom. The summed E-state index contributed by atoms with van der Waals surface area (Å²) in [4.78, 5) is 45.7. The molecule has 0 aliphatic heterocycles. The van der Waals surface area contributed by atoms with Crippen LogP contribution in [0.5, 0.6) is 0 Å². The highest BCUT2D eigenvalue weighted by molar-refractivity contribution is 6.06. The maximum atomic E-state index is 13.1. The minimum atomic E-state index is -0.674. The molecule has 0 bridgehead atoms. The standard InChI is InChI=1S/C19H27N5O3/c1-5-6-10-23-16(20)15(17(25)22-19(23)27)24(11-12(2)3)18(26)14-9-7-8-13(4)21-14/h7-9,12H,5-6,10-11,20H2,1-4H3,(H,22,25,27). The molecule has 0 atom stereocenters. The summed E-state index contributed by atoms with van der Waals surface area (Å²) < 4.78 is 1.31. The van der Waals surface area contributed by atoms with Crippen molar-refractivity contribution in [2.75, 3.05) is 17.2 Å². The summed E-state index contributed by atoms with van der Waals surface area (Å²) in [6, 6.07) is 5.12.